The van der Waals surface area contributed by atoms with Crippen molar-refractivity contribution in [1.29, 1.82) is 0 Å². The van der Waals surface area contributed by atoms with Crippen molar-refractivity contribution >= 4 is 13.7 Å². The summed E-state index contributed by atoms with van der Waals surface area (Å²) >= 11 is 0. The molecule has 0 aromatic carbocycles. The molecular formula is C3H9NO5P+. The highest BCUT2D eigenvalue weighted by molar-refractivity contribution is 7.59. The molecule has 10 heavy (non-hydrogen) atoms. The monoisotopic (exact) mass is 170 g/mol. The van der Waals surface area contributed by atoms with Gasteiger partial charge in [-0.3, -0.25) is 4.79 Å². The van der Waals surface area contributed by atoms with Crippen molar-refractivity contribution in [2.24, 2.45) is 0 Å². The summed E-state index contributed by atoms with van der Waals surface area (Å²) in [6, 6.07) is 0. The lowest BCUT2D eigenvalue weighted by Crippen LogP contribution is -2.22. The summed E-state index contributed by atoms with van der Waals surface area (Å²) in [5, 5.41) is 7.93. The Bertz CT molecular complexity index is 121. The molecule has 0 amide bonds. The molecule has 0 spiro atoms. The lowest BCUT2D eigenvalue weighted by Gasteiger charge is -2.00. The number of hydrogen-bond acceptors (Lipinski definition) is 6. The second-order valence-corrected chi connectivity index (χ2v) is 3.43. The number of nitrogens with one attached hydrogen (secondary N) is 1. The van der Waals surface area contributed by atoms with Crippen molar-refractivity contribution in [3.8, 4) is 0 Å². The van der Waals surface area contributed by atoms with Crippen LogP contribution in [0, 0.1) is 0 Å². The van der Waals surface area contributed by atoms with E-state index in [2.05, 4.69) is 0 Å². The Morgan fingerprint density at radius 2 is 1.90 bits per heavy atom. The Hall–Kier alpha value is -0.100. The highest BCUT2D eigenvalue weighted by Gasteiger charge is 2.33. The van der Waals surface area contributed by atoms with Crippen LogP contribution < -0.4 is 5.48 Å². The van der Waals surface area contributed by atoms with Gasteiger partial charge in [-0.15, -0.1) is 0 Å². The largest absolute Gasteiger partial charge is 0.411 e. The second-order valence-electron chi connectivity index (χ2n) is 1.72. The zero-order valence-electron chi connectivity index (χ0n) is 5.06. The third-order valence-electron chi connectivity index (χ3n) is 0.665. The first-order chi connectivity index (χ1) is 4.45. The molecule has 0 saturated heterocycles. The Morgan fingerprint density at radius 3 is 2.20 bits per heavy atom. The third-order valence-corrected chi connectivity index (χ3v) is 1.44. The number of hydrogen-bond donors (Lipinski definition) is 5. The first-order valence-electron chi connectivity index (χ1n) is 2.40. The van der Waals surface area contributed by atoms with Gasteiger partial charge in [0, 0.05) is 0 Å². The average Bonchev–Trinajstić information content (AvgIpc) is 1.59. The van der Waals surface area contributed by atoms with E-state index in [0.717, 1.165) is 0 Å². The van der Waals surface area contributed by atoms with Crippen LogP contribution in [0.15, 0.2) is 0 Å². The summed E-state index contributed by atoms with van der Waals surface area (Å²) < 4.78 is 0. The topological polar surface area (TPSA) is 110 Å². The zero-order chi connectivity index (χ0) is 8.20. The molecule has 0 radical (unpaired) electrons. The molecule has 60 valence electrons. The second kappa shape index (κ2) is 3.92. The van der Waals surface area contributed by atoms with Gasteiger partial charge < -0.3 is 5.21 Å². The molecular weight excluding hydrogens is 161 g/mol. The van der Waals surface area contributed by atoms with Crippen molar-refractivity contribution in [2.45, 2.75) is 0 Å². The molecule has 0 aromatic heterocycles. The SMILES string of the molecule is O=C(CNO)C[P+](O)(O)O. The van der Waals surface area contributed by atoms with Crippen molar-refractivity contribution in [1.82, 2.24) is 5.48 Å². The van der Waals surface area contributed by atoms with Gasteiger partial charge in [0.15, 0.2) is 11.9 Å². The fraction of sp³-hybridized carbons (Fsp3) is 0.667. The maximum Gasteiger partial charge on any atom is 0.411 e. The van der Waals surface area contributed by atoms with Crippen LogP contribution in [0.5, 0.6) is 0 Å². The van der Waals surface area contributed by atoms with E-state index in [1.54, 1.807) is 0 Å². The van der Waals surface area contributed by atoms with E-state index >= 15 is 0 Å². The van der Waals surface area contributed by atoms with Crippen molar-refractivity contribution < 1.29 is 24.7 Å². The van der Waals surface area contributed by atoms with Crippen LogP contribution in [0.25, 0.3) is 0 Å². The minimum absolute atomic E-state index is 0.399. The van der Waals surface area contributed by atoms with E-state index in [1.807, 2.05) is 0 Å². The van der Waals surface area contributed by atoms with Gasteiger partial charge in [0.25, 0.3) is 0 Å². The van der Waals surface area contributed by atoms with Crippen LogP contribution in [-0.2, 0) is 4.79 Å². The minimum atomic E-state index is -4.00. The van der Waals surface area contributed by atoms with Gasteiger partial charge in [-0.2, -0.15) is 20.2 Å². The molecule has 0 aliphatic heterocycles. The third kappa shape index (κ3) is 6.03. The highest BCUT2D eigenvalue weighted by Crippen LogP contribution is 2.43. The van der Waals surface area contributed by atoms with E-state index in [9.17, 15) is 4.79 Å². The van der Waals surface area contributed by atoms with Crippen LogP contribution in [0.2, 0.25) is 0 Å². The van der Waals surface area contributed by atoms with Gasteiger partial charge >= 0.3 is 7.94 Å². The predicted molar refractivity (Wildman–Crippen MR) is 33.2 cm³/mol. The lowest BCUT2D eigenvalue weighted by molar-refractivity contribution is -0.117. The highest BCUT2D eigenvalue weighted by atomic mass is 31.2. The molecule has 0 rings (SSSR count). The number of carbonyl (C=O) groups excluding carboxylic acids is 1. The van der Waals surface area contributed by atoms with Crippen molar-refractivity contribution in [2.75, 3.05) is 12.7 Å². The molecule has 7 heteroatoms. The molecule has 0 bridgehead atoms. The lowest BCUT2D eigenvalue weighted by atomic mass is 10.5. The summed E-state index contributed by atoms with van der Waals surface area (Å²) in [5.74, 6) is -0.664. The van der Waals surface area contributed by atoms with Gasteiger partial charge in [0.2, 0.25) is 0 Å². The van der Waals surface area contributed by atoms with E-state index in [0.29, 0.717) is 0 Å². The Balaban J connectivity index is 3.58. The molecule has 0 fully saturated rings. The van der Waals surface area contributed by atoms with Gasteiger partial charge in [0.1, 0.15) is 0 Å². The molecule has 0 heterocycles. The van der Waals surface area contributed by atoms with Crippen LogP contribution in [0.4, 0.5) is 0 Å². The number of carbonyl (C=O) groups is 1. The van der Waals surface area contributed by atoms with E-state index in [1.165, 1.54) is 5.48 Å². The fourth-order valence-electron chi connectivity index (χ4n) is 0.381. The summed E-state index contributed by atoms with van der Waals surface area (Å²) in [7, 11) is -4.00. The van der Waals surface area contributed by atoms with Crippen LogP contribution in [0.1, 0.15) is 0 Å². The summed E-state index contributed by atoms with van der Waals surface area (Å²) in [6.07, 6.45) is -0.722. The first kappa shape index (κ1) is 9.90. The van der Waals surface area contributed by atoms with Crippen molar-refractivity contribution in [3.05, 3.63) is 0 Å². The maximum absolute atomic E-state index is 10.4. The molecule has 0 atom stereocenters. The smallest absolute Gasteiger partial charge is 0.316 e. The van der Waals surface area contributed by atoms with E-state index in [-0.39, 0.29) is 0 Å². The predicted octanol–water partition coefficient (Wildman–Crippen LogP) is -1.73. The molecule has 0 aromatic rings. The van der Waals surface area contributed by atoms with Gasteiger partial charge in [0.05, 0.1) is 6.54 Å². The van der Waals surface area contributed by atoms with Gasteiger partial charge in [-0.05, 0) is 0 Å². The van der Waals surface area contributed by atoms with Crippen LogP contribution >= 0.6 is 7.94 Å². The zero-order valence-corrected chi connectivity index (χ0v) is 5.95. The summed E-state index contributed by atoms with van der Waals surface area (Å²) in [6.45, 7) is -0.399. The van der Waals surface area contributed by atoms with Gasteiger partial charge in [-0.1, -0.05) is 0 Å². The Morgan fingerprint density at radius 1 is 1.40 bits per heavy atom. The van der Waals surface area contributed by atoms with E-state index < -0.39 is 26.4 Å². The fourth-order valence-corrected chi connectivity index (χ4v) is 0.966. The molecule has 0 saturated carbocycles. The minimum Gasteiger partial charge on any atom is -0.316 e. The molecule has 6 nitrogen and oxygen atoms in total. The van der Waals surface area contributed by atoms with E-state index in [4.69, 9.17) is 19.9 Å². The number of ketones is 1. The number of hydroxylamine groups is 1. The average molecular weight is 170 g/mol. The molecule has 5 N–H and O–H groups in total. The standard InChI is InChI=1S/C3H9NO5P/c5-3(1-4-6)2-10(7,8)9/h4,6-9H,1-2H2/q+1. The summed E-state index contributed by atoms with van der Waals surface area (Å²) in [5.41, 5.74) is 1.52. The number of Topliss-reactive ketones (excluding diaryl/α,β-unsaturated/α-hetero) is 1. The maximum atomic E-state index is 10.4. The first-order valence-corrected chi connectivity index (χ1v) is 4.24. The van der Waals surface area contributed by atoms with Crippen LogP contribution in [-0.4, -0.2) is 38.4 Å². The summed E-state index contributed by atoms with van der Waals surface area (Å²) in [4.78, 5) is 35.3. The Labute approximate surface area is 57.7 Å². The Kier molecular flexibility index (Phi) is 3.88. The van der Waals surface area contributed by atoms with Gasteiger partial charge in [-0.25, -0.2) is 0 Å². The van der Waals surface area contributed by atoms with Crippen molar-refractivity contribution in [3.63, 3.8) is 0 Å². The molecule has 0 aliphatic rings. The normalized spacial score (nSPS) is 11.6. The van der Waals surface area contributed by atoms with Crippen LogP contribution in [0.3, 0.4) is 0 Å². The molecule has 0 aliphatic carbocycles. The quantitative estimate of drug-likeness (QED) is 0.253. The number of rotatable bonds is 4. The molecule has 0 unspecified atom stereocenters.